The number of rotatable bonds is 2. The van der Waals surface area contributed by atoms with E-state index in [9.17, 15) is 0 Å². The van der Waals surface area contributed by atoms with Crippen molar-refractivity contribution in [2.24, 2.45) is 0 Å². The lowest BCUT2D eigenvalue weighted by Crippen LogP contribution is -2.18. The van der Waals surface area contributed by atoms with Crippen LogP contribution < -0.4 is 10.6 Å². The topological polar surface area (TPSA) is 83.7 Å². The fraction of sp³-hybridized carbons (Fsp3) is 0.267. The van der Waals surface area contributed by atoms with Crippen LogP contribution >= 0.6 is 0 Å². The van der Waals surface area contributed by atoms with Crippen molar-refractivity contribution in [1.82, 2.24) is 19.9 Å². The van der Waals surface area contributed by atoms with Gasteiger partial charge in [0.2, 0.25) is 0 Å². The number of pyridine rings is 2. The first-order valence-electron chi connectivity index (χ1n) is 7.13. The molecule has 6 heteroatoms. The van der Waals surface area contributed by atoms with Gasteiger partial charge in [0, 0.05) is 37.1 Å². The van der Waals surface area contributed by atoms with Crippen LogP contribution in [0.5, 0.6) is 0 Å². The quantitative estimate of drug-likeness (QED) is 0.752. The molecular formula is C15H16N6. The van der Waals surface area contributed by atoms with Crippen LogP contribution in [0.25, 0.3) is 22.6 Å². The maximum atomic E-state index is 5.94. The van der Waals surface area contributed by atoms with E-state index >= 15 is 0 Å². The largest absolute Gasteiger partial charge is 0.384 e. The predicted molar refractivity (Wildman–Crippen MR) is 83.0 cm³/mol. The Morgan fingerprint density at radius 2 is 1.86 bits per heavy atom. The minimum absolute atomic E-state index is 0.511. The lowest BCUT2D eigenvalue weighted by Gasteiger charge is -2.18. The van der Waals surface area contributed by atoms with Gasteiger partial charge in [-0.3, -0.25) is 4.98 Å². The molecule has 0 aliphatic carbocycles. The molecule has 6 nitrogen and oxygen atoms in total. The zero-order valence-electron chi connectivity index (χ0n) is 11.6. The monoisotopic (exact) mass is 280 g/mol. The fourth-order valence-corrected chi connectivity index (χ4v) is 2.84. The molecule has 1 saturated heterocycles. The molecule has 1 fully saturated rings. The first-order valence-corrected chi connectivity index (χ1v) is 7.13. The molecule has 4 heterocycles. The van der Waals surface area contributed by atoms with Crippen LogP contribution in [0.4, 0.5) is 11.5 Å². The molecular weight excluding hydrogens is 264 g/mol. The smallest absolute Gasteiger partial charge is 0.182 e. The van der Waals surface area contributed by atoms with E-state index < -0.39 is 0 Å². The molecule has 0 spiro atoms. The van der Waals surface area contributed by atoms with Gasteiger partial charge in [-0.15, -0.1) is 0 Å². The lowest BCUT2D eigenvalue weighted by atomic mass is 10.2. The van der Waals surface area contributed by atoms with Crippen LogP contribution in [0, 0.1) is 0 Å². The number of nitrogens with zero attached hydrogens (tertiary/aromatic N) is 4. The van der Waals surface area contributed by atoms with Crippen molar-refractivity contribution >= 4 is 22.7 Å². The number of nitrogens with one attached hydrogen (secondary N) is 1. The average Bonchev–Trinajstić information content (AvgIpc) is 3.16. The Morgan fingerprint density at radius 3 is 2.62 bits per heavy atom. The van der Waals surface area contributed by atoms with Crippen LogP contribution in [0.1, 0.15) is 12.8 Å². The summed E-state index contributed by atoms with van der Waals surface area (Å²) >= 11 is 0. The molecule has 0 atom stereocenters. The van der Waals surface area contributed by atoms with Crippen molar-refractivity contribution in [3.05, 3.63) is 30.6 Å². The highest BCUT2D eigenvalue weighted by Crippen LogP contribution is 2.30. The second kappa shape index (κ2) is 4.73. The van der Waals surface area contributed by atoms with Crippen LogP contribution in [0.15, 0.2) is 30.6 Å². The summed E-state index contributed by atoms with van der Waals surface area (Å²) in [6.07, 6.45) is 5.95. The number of hydrogen-bond acceptors (Lipinski definition) is 5. The number of H-pyrrole nitrogens is 1. The SMILES string of the molecule is Nc1cc(N2CCCC2)c2[nH]c(-c3ccncc3)nc2n1. The average molecular weight is 280 g/mol. The van der Waals surface area contributed by atoms with Crippen molar-refractivity contribution in [3.63, 3.8) is 0 Å². The number of fused-ring (bicyclic) bond motifs is 1. The second-order valence-corrected chi connectivity index (χ2v) is 5.28. The Bertz CT molecular complexity index is 773. The highest BCUT2D eigenvalue weighted by Gasteiger charge is 2.18. The van der Waals surface area contributed by atoms with E-state index in [1.807, 2.05) is 18.2 Å². The van der Waals surface area contributed by atoms with Crippen molar-refractivity contribution in [3.8, 4) is 11.4 Å². The number of hydrogen-bond donors (Lipinski definition) is 2. The van der Waals surface area contributed by atoms with Gasteiger partial charge in [-0.05, 0) is 25.0 Å². The van der Waals surface area contributed by atoms with E-state index in [2.05, 4.69) is 24.8 Å². The summed E-state index contributed by atoms with van der Waals surface area (Å²) < 4.78 is 0. The summed E-state index contributed by atoms with van der Waals surface area (Å²) in [6, 6.07) is 5.79. The van der Waals surface area contributed by atoms with Gasteiger partial charge in [0.05, 0.1) is 5.69 Å². The van der Waals surface area contributed by atoms with Crippen molar-refractivity contribution < 1.29 is 0 Å². The van der Waals surface area contributed by atoms with Gasteiger partial charge in [0.15, 0.2) is 5.65 Å². The number of aromatic nitrogens is 4. The molecule has 0 saturated carbocycles. The maximum absolute atomic E-state index is 5.94. The highest BCUT2D eigenvalue weighted by atomic mass is 15.2. The minimum atomic E-state index is 0.511. The molecule has 3 aromatic rings. The van der Waals surface area contributed by atoms with E-state index in [-0.39, 0.29) is 0 Å². The molecule has 3 aromatic heterocycles. The third-order valence-corrected chi connectivity index (χ3v) is 3.86. The van der Waals surface area contributed by atoms with Gasteiger partial charge in [-0.2, -0.15) is 0 Å². The standard InChI is InChI=1S/C15H16N6/c16-12-9-11(21-7-1-2-8-21)13-15(18-12)20-14(19-13)10-3-5-17-6-4-10/h3-6,9H,1-2,7-8H2,(H3,16,18,19,20). The van der Waals surface area contributed by atoms with Gasteiger partial charge in [-0.25, -0.2) is 9.97 Å². The van der Waals surface area contributed by atoms with E-state index in [1.54, 1.807) is 12.4 Å². The van der Waals surface area contributed by atoms with Gasteiger partial charge in [0.1, 0.15) is 17.2 Å². The highest BCUT2D eigenvalue weighted by molar-refractivity contribution is 5.90. The molecule has 4 rings (SSSR count). The molecule has 106 valence electrons. The van der Waals surface area contributed by atoms with Crippen molar-refractivity contribution in [2.45, 2.75) is 12.8 Å². The maximum Gasteiger partial charge on any atom is 0.182 e. The van der Waals surface area contributed by atoms with Gasteiger partial charge >= 0.3 is 0 Å². The summed E-state index contributed by atoms with van der Waals surface area (Å²) in [5.41, 5.74) is 9.66. The molecule has 3 N–H and O–H groups in total. The summed E-state index contributed by atoms with van der Waals surface area (Å²) in [4.78, 5) is 18.7. The zero-order valence-corrected chi connectivity index (χ0v) is 11.6. The normalized spacial score (nSPS) is 15.0. The summed E-state index contributed by atoms with van der Waals surface area (Å²) in [5.74, 6) is 1.31. The molecule has 0 radical (unpaired) electrons. The van der Waals surface area contributed by atoms with Gasteiger partial charge < -0.3 is 15.6 Å². The molecule has 0 aromatic carbocycles. The Kier molecular flexibility index (Phi) is 2.73. The Morgan fingerprint density at radius 1 is 1.10 bits per heavy atom. The number of anilines is 2. The first-order chi connectivity index (χ1) is 10.3. The summed E-state index contributed by atoms with van der Waals surface area (Å²) in [7, 11) is 0. The molecule has 0 bridgehead atoms. The second-order valence-electron chi connectivity index (χ2n) is 5.28. The molecule has 1 aliphatic heterocycles. The number of imidazole rings is 1. The third-order valence-electron chi connectivity index (χ3n) is 3.86. The summed E-state index contributed by atoms with van der Waals surface area (Å²) in [5, 5.41) is 0. The zero-order chi connectivity index (χ0) is 14.2. The summed E-state index contributed by atoms with van der Waals surface area (Å²) in [6.45, 7) is 2.12. The number of aromatic amines is 1. The predicted octanol–water partition coefficient (Wildman–Crippen LogP) is 2.20. The molecule has 0 amide bonds. The Hall–Kier alpha value is -2.63. The number of nitrogens with two attached hydrogens (primary N) is 1. The van der Waals surface area contributed by atoms with Crippen molar-refractivity contribution in [2.75, 3.05) is 23.7 Å². The van der Waals surface area contributed by atoms with Crippen LogP contribution in [-0.4, -0.2) is 33.0 Å². The van der Waals surface area contributed by atoms with Crippen LogP contribution in [0.3, 0.4) is 0 Å². The van der Waals surface area contributed by atoms with E-state index in [0.29, 0.717) is 11.5 Å². The lowest BCUT2D eigenvalue weighted by molar-refractivity contribution is 0.949. The van der Waals surface area contributed by atoms with Gasteiger partial charge in [-0.1, -0.05) is 0 Å². The van der Waals surface area contributed by atoms with E-state index in [1.165, 1.54) is 12.8 Å². The molecule has 1 aliphatic rings. The Balaban J connectivity index is 1.88. The number of nitrogen functional groups attached to an aromatic ring is 1. The van der Waals surface area contributed by atoms with E-state index in [0.717, 1.165) is 35.7 Å². The Labute approximate surface area is 122 Å². The minimum Gasteiger partial charge on any atom is -0.384 e. The molecule has 0 unspecified atom stereocenters. The van der Waals surface area contributed by atoms with Crippen LogP contribution in [-0.2, 0) is 0 Å². The third kappa shape index (κ3) is 2.08. The van der Waals surface area contributed by atoms with Crippen LogP contribution in [0.2, 0.25) is 0 Å². The molecule has 21 heavy (non-hydrogen) atoms. The first kappa shape index (κ1) is 12.1. The van der Waals surface area contributed by atoms with Crippen molar-refractivity contribution in [1.29, 1.82) is 0 Å². The fourth-order valence-electron chi connectivity index (χ4n) is 2.84. The van der Waals surface area contributed by atoms with E-state index in [4.69, 9.17) is 5.73 Å². The van der Waals surface area contributed by atoms with Gasteiger partial charge in [0.25, 0.3) is 0 Å².